The van der Waals surface area contributed by atoms with Gasteiger partial charge in [-0.05, 0) is 61.6 Å². The van der Waals surface area contributed by atoms with Gasteiger partial charge < -0.3 is 9.30 Å². The zero-order chi connectivity index (χ0) is 22.9. The first-order chi connectivity index (χ1) is 16.0. The third kappa shape index (κ3) is 4.48. The van der Waals surface area contributed by atoms with E-state index in [4.69, 9.17) is 26.3 Å². The maximum Gasteiger partial charge on any atom is 0.412 e. The third-order valence-electron chi connectivity index (χ3n) is 5.96. The molecule has 1 aliphatic heterocycles. The first-order valence-corrected chi connectivity index (χ1v) is 12.4. The zero-order valence-electron chi connectivity index (χ0n) is 18.7. The molecule has 1 aliphatic rings. The highest BCUT2D eigenvalue weighted by atomic mass is 35.5. The second kappa shape index (κ2) is 9.15. The number of carbonyl (C=O) groups excluding carboxylic acids is 1. The van der Waals surface area contributed by atoms with Gasteiger partial charge in [0.2, 0.25) is 0 Å². The van der Waals surface area contributed by atoms with E-state index >= 15 is 0 Å². The molecule has 0 unspecified atom stereocenters. The van der Waals surface area contributed by atoms with Crippen molar-refractivity contribution in [2.24, 2.45) is 0 Å². The Balaban J connectivity index is 1.28. The fraction of sp³-hybridized carbons (Fsp3) is 0.320. The third-order valence-corrected chi connectivity index (χ3v) is 7.24. The Labute approximate surface area is 201 Å². The lowest BCUT2D eigenvalue weighted by Crippen LogP contribution is -2.13. The van der Waals surface area contributed by atoms with E-state index in [9.17, 15) is 4.79 Å². The van der Waals surface area contributed by atoms with E-state index in [0.29, 0.717) is 16.4 Å². The lowest BCUT2D eigenvalue weighted by Gasteiger charge is -2.13. The van der Waals surface area contributed by atoms with Crippen LogP contribution in [-0.4, -0.2) is 20.6 Å². The number of fused-ring (bicyclic) bond motifs is 3. The lowest BCUT2D eigenvalue weighted by atomic mass is 10.1. The molecule has 0 spiro atoms. The van der Waals surface area contributed by atoms with Crippen LogP contribution in [0.5, 0.6) is 0 Å². The van der Waals surface area contributed by atoms with E-state index in [2.05, 4.69) is 16.0 Å². The molecule has 0 atom stereocenters. The van der Waals surface area contributed by atoms with Crippen LogP contribution in [-0.2, 0) is 30.7 Å². The number of nitrogens with one attached hydrogen (secondary N) is 1. The smallest absolute Gasteiger partial charge is 0.412 e. The number of hydrogen-bond acceptors (Lipinski definition) is 5. The van der Waals surface area contributed by atoms with Gasteiger partial charge in [0.15, 0.2) is 0 Å². The molecule has 0 saturated carbocycles. The number of anilines is 1. The first-order valence-electron chi connectivity index (χ1n) is 11.2. The van der Waals surface area contributed by atoms with E-state index in [0.717, 1.165) is 57.2 Å². The number of hydrogen-bond donors (Lipinski definition) is 1. The number of thiazole rings is 1. The molecule has 0 aliphatic carbocycles. The highest BCUT2D eigenvalue weighted by Crippen LogP contribution is 2.35. The predicted molar refractivity (Wildman–Crippen MR) is 133 cm³/mol. The molecule has 3 heterocycles. The van der Waals surface area contributed by atoms with Crippen LogP contribution >= 0.6 is 22.9 Å². The molecule has 0 bridgehead atoms. The van der Waals surface area contributed by atoms with Gasteiger partial charge in [0.25, 0.3) is 0 Å². The Hall–Kier alpha value is -2.90. The average Bonchev–Trinajstić information content (AvgIpc) is 3.38. The van der Waals surface area contributed by atoms with Crippen LogP contribution in [0, 0.1) is 6.92 Å². The van der Waals surface area contributed by atoms with Gasteiger partial charge in [0, 0.05) is 23.6 Å². The summed E-state index contributed by atoms with van der Waals surface area (Å²) >= 11 is 7.53. The minimum absolute atomic E-state index is 0.188. The van der Waals surface area contributed by atoms with Crippen molar-refractivity contribution in [3.63, 3.8) is 0 Å². The van der Waals surface area contributed by atoms with Crippen molar-refractivity contribution in [1.82, 2.24) is 14.5 Å². The number of carbonyl (C=O) groups is 1. The van der Waals surface area contributed by atoms with Crippen molar-refractivity contribution in [1.29, 1.82) is 0 Å². The van der Waals surface area contributed by atoms with Crippen LogP contribution in [0.2, 0.25) is 5.02 Å². The highest BCUT2D eigenvalue weighted by molar-refractivity contribution is 7.19. The molecule has 0 radical (unpaired) electrons. The van der Waals surface area contributed by atoms with Crippen LogP contribution < -0.4 is 5.32 Å². The Kier molecular flexibility index (Phi) is 6.08. The van der Waals surface area contributed by atoms with Gasteiger partial charge in [0.05, 0.1) is 16.7 Å². The molecule has 0 saturated heterocycles. The Morgan fingerprint density at radius 2 is 2.09 bits per heavy atom. The summed E-state index contributed by atoms with van der Waals surface area (Å²) in [5.74, 6) is 1.15. The summed E-state index contributed by atoms with van der Waals surface area (Å²) in [5, 5.41) is 5.14. The molecule has 5 rings (SSSR count). The van der Waals surface area contributed by atoms with Crippen LogP contribution in [0.3, 0.4) is 0 Å². The standard InChI is InChI=1S/C25H25ClN4O2S/c1-3-19-24(33-23(28-19)18-9-8-17(26)12-15(18)2)29-25(31)32-14-16-7-10-21-20(13-16)27-22-6-4-5-11-30(21)22/h7-10,12-13H,3-6,11,14H2,1-2H3,(H,29,31). The summed E-state index contributed by atoms with van der Waals surface area (Å²) in [5.41, 5.74) is 5.94. The minimum Gasteiger partial charge on any atom is -0.444 e. The van der Waals surface area contributed by atoms with Crippen molar-refractivity contribution in [3.05, 3.63) is 64.1 Å². The van der Waals surface area contributed by atoms with E-state index in [-0.39, 0.29) is 6.61 Å². The van der Waals surface area contributed by atoms with E-state index in [1.165, 1.54) is 24.2 Å². The fourth-order valence-corrected chi connectivity index (χ4v) is 5.61. The average molecular weight is 481 g/mol. The van der Waals surface area contributed by atoms with E-state index in [1.54, 1.807) is 0 Å². The molecular formula is C25H25ClN4O2S. The van der Waals surface area contributed by atoms with Crippen LogP contribution in [0.25, 0.3) is 21.6 Å². The van der Waals surface area contributed by atoms with E-state index < -0.39 is 6.09 Å². The van der Waals surface area contributed by atoms with Gasteiger partial charge in [-0.1, -0.05) is 42.0 Å². The normalized spacial score (nSPS) is 13.2. The van der Waals surface area contributed by atoms with Gasteiger partial charge in [-0.2, -0.15) is 0 Å². The maximum absolute atomic E-state index is 12.5. The summed E-state index contributed by atoms with van der Waals surface area (Å²) in [7, 11) is 0. The lowest BCUT2D eigenvalue weighted by molar-refractivity contribution is 0.155. The van der Waals surface area contributed by atoms with Crippen molar-refractivity contribution in [3.8, 4) is 10.6 Å². The number of benzene rings is 2. The molecule has 2 aromatic heterocycles. The van der Waals surface area contributed by atoms with Crippen molar-refractivity contribution >= 4 is 45.1 Å². The predicted octanol–water partition coefficient (Wildman–Crippen LogP) is 6.77. The van der Waals surface area contributed by atoms with Crippen molar-refractivity contribution in [2.75, 3.05) is 5.32 Å². The molecule has 33 heavy (non-hydrogen) atoms. The number of ether oxygens (including phenoxy) is 1. The monoisotopic (exact) mass is 480 g/mol. The second-order valence-electron chi connectivity index (χ2n) is 8.27. The summed E-state index contributed by atoms with van der Waals surface area (Å²) in [6.45, 7) is 5.23. The van der Waals surface area contributed by atoms with Gasteiger partial charge in [-0.25, -0.2) is 14.8 Å². The molecule has 170 valence electrons. The zero-order valence-corrected chi connectivity index (χ0v) is 20.2. The summed E-state index contributed by atoms with van der Waals surface area (Å²) < 4.78 is 7.81. The van der Waals surface area contributed by atoms with Crippen LogP contribution in [0.15, 0.2) is 36.4 Å². The summed E-state index contributed by atoms with van der Waals surface area (Å²) in [4.78, 5) is 22.0. The van der Waals surface area contributed by atoms with Gasteiger partial charge in [0.1, 0.15) is 22.4 Å². The van der Waals surface area contributed by atoms with Gasteiger partial charge in [-0.15, -0.1) is 0 Å². The van der Waals surface area contributed by atoms with Gasteiger partial charge in [-0.3, -0.25) is 5.32 Å². The number of halogens is 1. The molecule has 0 fully saturated rings. The number of aromatic nitrogens is 3. The number of amides is 1. The molecule has 8 heteroatoms. The largest absolute Gasteiger partial charge is 0.444 e. The topological polar surface area (TPSA) is 69.0 Å². The highest BCUT2D eigenvalue weighted by Gasteiger charge is 2.17. The quantitative estimate of drug-likeness (QED) is 0.342. The van der Waals surface area contributed by atoms with Crippen molar-refractivity contribution in [2.45, 2.75) is 52.7 Å². The summed E-state index contributed by atoms with van der Waals surface area (Å²) in [6, 6.07) is 11.8. The van der Waals surface area contributed by atoms with Crippen LogP contribution in [0.4, 0.5) is 9.80 Å². The number of rotatable bonds is 5. The molecule has 2 aromatic carbocycles. The fourth-order valence-electron chi connectivity index (χ4n) is 4.26. The Morgan fingerprint density at radius 3 is 2.91 bits per heavy atom. The van der Waals surface area contributed by atoms with Gasteiger partial charge >= 0.3 is 6.09 Å². The molecule has 1 amide bonds. The molecule has 1 N–H and O–H groups in total. The SMILES string of the molecule is CCc1nc(-c2ccc(Cl)cc2C)sc1NC(=O)OCc1ccc2c(c1)nc1n2CCCC1. The number of imidazole rings is 1. The first kappa shape index (κ1) is 21.9. The number of nitrogens with zero attached hydrogens (tertiary/aromatic N) is 3. The Bertz CT molecular complexity index is 1340. The molecule has 4 aromatic rings. The maximum atomic E-state index is 12.5. The van der Waals surface area contributed by atoms with Crippen LogP contribution in [0.1, 0.15) is 42.4 Å². The van der Waals surface area contributed by atoms with E-state index in [1.807, 2.05) is 44.2 Å². The summed E-state index contributed by atoms with van der Waals surface area (Å²) in [6.07, 6.45) is 3.63. The minimum atomic E-state index is -0.489. The second-order valence-corrected chi connectivity index (χ2v) is 9.70. The molecular weight excluding hydrogens is 456 g/mol. The molecule has 6 nitrogen and oxygen atoms in total. The number of aryl methyl sites for hydroxylation is 4. The van der Waals surface area contributed by atoms with Crippen molar-refractivity contribution < 1.29 is 9.53 Å². The Morgan fingerprint density at radius 1 is 1.21 bits per heavy atom.